The molecule has 2 atom stereocenters. The second-order valence-corrected chi connectivity index (χ2v) is 6.48. The molecular weight excluding hydrogens is 277 g/mol. The van der Waals surface area contributed by atoms with Crippen molar-refractivity contribution in [3.63, 3.8) is 0 Å². The Labute approximate surface area is 117 Å². The Kier molecular flexibility index (Phi) is 3.94. The first-order valence-electron chi connectivity index (χ1n) is 5.73. The first kappa shape index (κ1) is 13.5. The van der Waals surface area contributed by atoms with E-state index in [-0.39, 0.29) is 10.8 Å². The number of hydrogen-bond acceptors (Lipinski definition) is 1. The summed E-state index contributed by atoms with van der Waals surface area (Å²) in [6, 6.07) is 6.15. The van der Waals surface area contributed by atoms with Crippen LogP contribution < -0.4 is 5.32 Å². The van der Waals surface area contributed by atoms with Crippen LogP contribution in [0, 0.1) is 5.41 Å². The zero-order valence-electron chi connectivity index (χ0n) is 9.93. The van der Waals surface area contributed by atoms with Crippen LogP contribution in [0.5, 0.6) is 0 Å². The monoisotopic (exact) mass is 291 g/mol. The molecule has 1 aliphatic carbocycles. The molecule has 0 amide bonds. The molecule has 1 aromatic rings. The minimum Gasteiger partial charge on any atom is -0.309 e. The van der Waals surface area contributed by atoms with Crippen LogP contribution in [0.4, 0.5) is 0 Å². The van der Waals surface area contributed by atoms with Gasteiger partial charge in [0.15, 0.2) is 0 Å². The van der Waals surface area contributed by atoms with E-state index in [0.717, 1.165) is 18.5 Å². The van der Waals surface area contributed by atoms with E-state index < -0.39 is 0 Å². The summed E-state index contributed by atoms with van der Waals surface area (Å²) < 4.78 is 0. The molecule has 0 radical (unpaired) electrons. The molecule has 0 heterocycles. The summed E-state index contributed by atoms with van der Waals surface area (Å²) in [4.78, 5) is 0. The SMILES string of the molecule is CC1(C)C(Cl)CC1NCc1cccc(Cl)c1Cl. The first-order chi connectivity index (χ1) is 7.93. The van der Waals surface area contributed by atoms with Crippen molar-refractivity contribution in [3.05, 3.63) is 33.8 Å². The van der Waals surface area contributed by atoms with Crippen molar-refractivity contribution in [2.75, 3.05) is 0 Å². The molecule has 1 nitrogen and oxygen atoms in total. The lowest BCUT2D eigenvalue weighted by atomic mass is 9.67. The zero-order chi connectivity index (χ0) is 12.6. The maximum Gasteiger partial charge on any atom is 0.0637 e. The highest BCUT2D eigenvalue weighted by Gasteiger charge is 2.46. The van der Waals surface area contributed by atoms with Crippen LogP contribution in [0.25, 0.3) is 0 Å². The van der Waals surface area contributed by atoms with Gasteiger partial charge in [-0.25, -0.2) is 0 Å². The summed E-state index contributed by atoms with van der Waals surface area (Å²) in [5.41, 5.74) is 1.18. The largest absolute Gasteiger partial charge is 0.309 e. The summed E-state index contributed by atoms with van der Waals surface area (Å²) in [5, 5.41) is 5.00. The van der Waals surface area contributed by atoms with E-state index in [1.165, 1.54) is 0 Å². The predicted molar refractivity (Wildman–Crippen MR) is 75.1 cm³/mol. The van der Waals surface area contributed by atoms with Gasteiger partial charge in [0.05, 0.1) is 10.0 Å². The van der Waals surface area contributed by atoms with Gasteiger partial charge in [0, 0.05) is 18.0 Å². The molecular formula is C13H16Cl3N. The van der Waals surface area contributed by atoms with Gasteiger partial charge in [-0.1, -0.05) is 49.2 Å². The lowest BCUT2D eigenvalue weighted by Gasteiger charge is -2.49. The molecule has 2 rings (SSSR count). The molecule has 94 valence electrons. The van der Waals surface area contributed by atoms with Crippen LogP contribution >= 0.6 is 34.8 Å². The highest BCUT2D eigenvalue weighted by Crippen LogP contribution is 2.44. The molecule has 0 aliphatic heterocycles. The minimum absolute atomic E-state index is 0.145. The van der Waals surface area contributed by atoms with E-state index >= 15 is 0 Å². The van der Waals surface area contributed by atoms with Crippen LogP contribution in [0.1, 0.15) is 25.8 Å². The Hall–Kier alpha value is 0.0500. The summed E-state index contributed by atoms with van der Waals surface area (Å²) in [6.07, 6.45) is 1.01. The number of halogens is 3. The number of rotatable bonds is 3. The Morgan fingerprint density at radius 3 is 2.65 bits per heavy atom. The number of alkyl halides is 1. The van der Waals surface area contributed by atoms with Crippen molar-refractivity contribution in [3.8, 4) is 0 Å². The van der Waals surface area contributed by atoms with E-state index in [1.54, 1.807) is 6.07 Å². The number of nitrogens with one attached hydrogen (secondary N) is 1. The van der Waals surface area contributed by atoms with E-state index in [1.807, 2.05) is 12.1 Å². The van der Waals surface area contributed by atoms with E-state index in [9.17, 15) is 0 Å². The highest BCUT2D eigenvalue weighted by molar-refractivity contribution is 6.42. The third kappa shape index (κ3) is 2.58. The van der Waals surface area contributed by atoms with Crippen LogP contribution in [0.2, 0.25) is 10.0 Å². The van der Waals surface area contributed by atoms with Gasteiger partial charge < -0.3 is 5.32 Å². The van der Waals surface area contributed by atoms with Gasteiger partial charge in [-0.05, 0) is 23.5 Å². The second kappa shape index (κ2) is 4.97. The highest BCUT2D eigenvalue weighted by atomic mass is 35.5. The molecule has 1 aliphatic rings. The smallest absolute Gasteiger partial charge is 0.0637 e. The van der Waals surface area contributed by atoms with Gasteiger partial charge >= 0.3 is 0 Å². The van der Waals surface area contributed by atoms with Gasteiger partial charge in [0.25, 0.3) is 0 Å². The van der Waals surface area contributed by atoms with Crippen molar-refractivity contribution >= 4 is 34.8 Å². The molecule has 2 unspecified atom stereocenters. The maximum atomic E-state index is 6.19. The lowest BCUT2D eigenvalue weighted by Crippen LogP contribution is -2.57. The summed E-state index contributed by atoms with van der Waals surface area (Å²) in [5.74, 6) is 0. The fraction of sp³-hybridized carbons (Fsp3) is 0.538. The molecule has 1 aromatic carbocycles. The van der Waals surface area contributed by atoms with Crippen LogP contribution in [-0.2, 0) is 6.54 Å². The Morgan fingerprint density at radius 1 is 1.35 bits per heavy atom. The maximum absolute atomic E-state index is 6.19. The van der Waals surface area contributed by atoms with Crippen molar-refractivity contribution < 1.29 is 0 Å². The van der Waals surface area contributed by atoms with Gasteiger partial charge in [-0.2, -0.15) is 0 Å². The predicted octanol–water partition coefficient (Wildman–Crippen LogP) is 4.49. The molecule has 0 saturated heterocycles. The third-order valence-electron chi connectivity index (χ3n) is 3.72. The van der Waals surface area contributed by atoms with Crippen molar-refractivity contribution in [1.29, 1.82) is 0 Å². The van der Waals surface area contributed by atoms with Gasteiger partial charge in [0.2, 0.25) is 0 Å². The van der Waals surface area contributed by atoms with Crippen molar-refractivity contribution in [2.45, 2.75) is 38.2 Å². The van der Waals surface area contributed by atoms with Gasteiger partial charge in [-0.15, -0.1) is 11.6 Å². The molecule has 4 heteroatoms. The van der Waals surface area contributed by atoms with Crippen molar-refractivity contribution in [1.82, 2.24) is 5.32 Å². The van der Waals surface area contributed by atoms with E-state index in [4.69, 9.17) is 34.8 Å². The summed E-state index contributed by atoms with van der Waals surface area (Å²) in [7, 11) is 0. The van der Waals surface area contributed by atoms with Gasteiger partial charge in [-0.3, -0.25) is 0 Å². The number of hydrogen-bond donors (Lipinski definition) is 1. The molecule has 0 bridgehead atoms. The molecule has 1 fully saturated rings. The average molecular weight is 293 g/mol. The molecule has 1 N–H and O–H groups in total. The summed E-state index contributed by atoms with van der Waals surface area (Å²) in [6.45, 7) is 5.11. The second-order valence-electron chi connectivity index (χ2n) is 5.17. The Morgan fingerprint density at radius 2 is 2.06 bits per heavy atom. The standard InChI is InChI=1S/C13H16Cl3N/c1-13(2)10(15)6-11(13)17-7-8-4-3-5-9(14)12(8)16/h3-5,10-11,17H,6-7H2,1-2H3. The molecule has 1 saturated carbocycles. The van der Waals surface area contributed by atoms with Crippen molar-refractivity contribution in [2.24, 2.45) is 5.41 Å². The zero-order valence-corrected chi connectivity index (χ0v) is 12.2. The topological polar surface area (TPSA) is 12.0 Å². The Bertz CT molecular complexity index is 417. The Balaban J connectivity index is 1.97. The van der Waals surface area contributed by atoms with Crippen LogP contribution in [0.3, 0.4) is 0 Å². The summed E-state index contributed by atoms with van der Waals surface area (Å²) >= 11 is 18.3. The normalized spacial score (nSPS) is 26.6. The molecule has 17 heavy (non-hydrogen) atoms. The van der Waals surface area contributed by atoms with E-state index in [0.29, 0.717) is 16.1 Å². The fourth-order valence-electron chi connectivity index (χ4n) is 2.14. The molecule has 0 spiro atoms. The van der Waals surface area contributed by atoms with Gasteiger partial charge in [0.1, 0.15) is 0 Å². The molecule has 0 aromatic heterocycles. The van der Waals surface area contributed by atoms with Crippen LogP contribution in [-0.4, -0.2) is 11.4 Å². The fourth-order valence-corrected chi connectivity index (χ4v) is 2.85. The quantitative estimate of drug-likeness (QED) is 0.810. The number of benzene rings is 1. The van der Waals surface area contributed by atoms with Crippen LogP contribution in [0.15, 0.2) is 18.2 Å². The van der Waals surface area contributed by atoms with E-state index in [2.05, 4.69) is 19.2 Å². The minimum atomic E-state index is 0.145. The lowest BCUT2D eigenvalue weighted by molar-refractivity contribution is 0.115. The average Bonchev–Trinajstić information content (AvgIpc) is 2.29. The third-order valence-corrected chi connectivity index (χ3v) is 5.32. The first-order valence-corrected chi connectivity index (χ1v) is 6.92.